The predicted octanol–water partition coefficient (Wildman–Crippen LogP) is 2.18. The molecule has 1 aromatic carbocycles. The van der Waals surface area contributed by atoms with Crippen molar-refractivity contribution in [3.05, 3.63) is 46.3 Å². The smallest absolute Gasteiger partial charge is 0.338 e. The van der Waals surface area contributed by atoms with Gasteiger partial charge in [0.15, 0.2) is 0 Å². The first-order valence-corrected chi connectivity index (χ1v) is 11.5. The third-order valence-corrected chi connectivity index (χ3v) is 6.50. The molecule has 176 valence electrons. The molecule has 0 unspecified atom stereocenters. The predicted molar refractivity (Wildman–Crippen MR) is 121 cm³/mol. The van der Waals surface area contributed by atoms with Gasteiger partial charge in [-0.1, -0.05) is 13.8 Å². The second kappa shape index (κ2) is 9.35. The maximum Gasteiger partial charge on any atom is 0.338 e. The molecule has 2 aliphatic heterocycles. The number of aryl methyl sites for hydroxylation is 1. The number of rotatable bonds is 6. The molecule has 2 amide bonds. The fourth-order valence-electron chi connectivity index (χ4n) is 4.63. The summed E-state index contributed by atoms with van der Waals surface area (Å²) in [7, 11) is 0. The van der Waals surface area contributed by atoms with Crippen LogP contribution in [0.5, 0.6) is 0 Å². The van der Waals surface area contributed by atoms with Gasteiger partial charge in [0.05, 0.1) is 40.4 Å². The number of nitrogens with zero attached hydrogens (tertiary/aromatic N) is 2. The Hall–Kier alpha value is -3.20. The van der Waals surface area contributed by atoms with Crippen LogP contribution in [0.2, 0.25) is 0 Å². The van der Waals surface area contributed by atoms with Crippen molar-refractivity contribution in [3.8, 4) is 5.69 Å². The van der Waals surface area contributed by atoms with Gasteiger partial charge in [0, 0.05) is 19.8 Å². The van der Waals surface area contributed by atoms with Crippen LogP contribution in [0, 0.1) is 5.41 Å². The first-order chi connectivity index (χ1) is 15.9. The van der Waals surface area contributed by atoms with Crippen molar-refractivity contribution < 1.29 is 23.9 Å². The zero-order valence-electron chi connectivity index (χ0n) is 19.1. The maximum absolute atomic E-state index is 13.1. The molecule has 0 atom stereocenters. The Morgan fingerprint density at radius 2 is 2.03 bits per heavy atom. The standard InChI is InChI=1S/C24H30N4O5/c1-3-9-33-23(31)15-5-6-16(21(25)29)18(12-15)28-19-13-24(7-10-32-11-8-24)14-26-22(30)20(19)17(4-2)27-28/h5-6,12H,3-4,7-11,13-14H2,1-2H3,(H2,25,29)(H,26,30). The summed E-state index contributed by atoms with van der Waals surface area (Å²) < 4.78 is 12.5. The Balaban J connectivity index is 1.88. The normalized spacial score (nSPS) is 17.2. The third-order valence-electron chi connectivity index (χ3n) is 6.50. The number of hydrogen-bond donors (Lipinski definition) is 2. The van der Waals surface area contributed by atoms with Crippen LogP contribution in [0.3, 0.4) is 0 Å². The van der Waals surface area contributed by atoms with Gasteiger partial charge < -0.3 is 20.5 Å². The van der Waals surface area contributed by atoms with Gasteiger partial charge in [-0.3, -0.25) is 9.59 Å². The number of nitrogens with one attached hydrogen (secondary N) is 1. The topological polar surface area (TPSA) is 126 Å². The molecule has 4 rings (SSSR count). The molecule has 1 spiro atoms. The first-order valence-electron chi connectivity index (χ1n) is 11.5. The Bertz CT molecular complexity index is 1080. The van der Waals surface area contributed by atoms with E-state index in [2.05, 4.69) is 5.32 Å². The zero-order chi connectivity index (χ0) is 23.6. The quantitative estimate of drug-likeness (QED) is 0.645. The lowest BCUT2D eigenvalue weighted by molar-refractivity contribution is 0.0155. The van der Waals surface area contributed by atoms with Gasteiger partial charge in [-0.05, 0) is 55.7 Å². The number of hydrogen-bond acceptors (Lipinski definition) is 6. The van der Waals surface area contributed by atoms with Crippen molar-refractivity contribution >= 4 is 17.8 Å². The zero-order valence-corrected chi connectivity index (χ0v) is 19.1. The van der Waals surface area contributed by atoms with Crippen molar-refractivity contribution in [3.63, 3.8) is 0 Å². The molecule has 9 heteroatoms. The molecule has 3 heterocycles. The van der Waals surface area contributed by atoms with E-state index in [1.54, 1.807) is 10.7 Å². The summed E-state index contributed by atoms with van der Waals surface area (Å²) in [5.74, 6) is -1.29. The van der Waals surface area contributed by atoms with Crippen LogP contribution in [0.4, 0.5) is 0 Å². The fraction of sp³-hybridized carbons (Fsp3) is 0.500. The Kier molecular flexibility index (Phi) is 6.51. The van der Waals surface area contributed by atoms with Crippen LogP contribution in [0.15, 0.2) is 18.2 Å². The van der Waals surface area contributed by atoms with Crippen molar-refractivity contribution in [2.75, 3.05) is 26.4 Å². The molecular weight excluding hydrogens is 424 g/mol. The second-order valence-corrected chi connectivity index (χ2v) is 8.74. The number of esters is 1. The van der Waals surface area contributed by atoms with Crippen LogP contribution in [0.1, 0.15) is 75.6 Å². The van der Waals surface area contributed by atoms with Gasteiger partial charge in [-0.2, -0.15) is 5.10 Å². The molecular formula is C24H30N4O5. The van der Waals surface area contributed by atoms with E-state index >= 15 is 0 Å². The van der Waals surface area contributed by atoms with Gasteiger partial charge in [-0.25, -0.2) is 9.48 Å². The molecule has 3 N–H and O–H groups in total. The maximum atomic E-state index is 13.1. The number of benzene rings is 1. The van der Waals surface area contributed by atoms with Crippen molar-refractivity contribution in [2.45, 2.75) is 46.0 Å². The summed E-state index contributed by atoms with van der Waals surface area (Å²) in [5.41, 5.74) is 8.32. The van der Waals surface area contributed by atoms with Gasteiger partial charge in [0.2, 0.25) is 0 Å². The highest BCUT2D eigenvalue weighted by Crippen LogP contribution is 2.38. The Labute approximate surface area is 192 Å². The van der Waals surface area contributed by atoms with Gasteiger partial charge in [0.1, 0.15) is 0 Å². The molecule has 0 radical (unpaired) electrons. The van der Waals surface area contributed by atoms with Crippen LogP contribution in [0.25, 0.3) is 5.69 Å². The van der Waals surface area contributed by atoms with Crippen molar-refractivity contribution in [2.24, 2.45) is 11.1 Å². The van der Waals surface area contributed by atoms with Gasteiger partial charge in [-0.15, -0.1) is 0 Å². The average Bonchev–Trinajstić information content (AvgIpc) is 3.12. The largest absolute Gasteiger partial charge is 0.462 e. The number of ether oxygens (including phenoxy) is 2. The lowest BCUT2D eigenvalue weighted by Crippen LogP contribution is -2.40. The minimum Gasteiger partial charge on any atom is -0.462 e. The van der Waals surface area contributed by atoms with E-state index in [9.17, 15) is 14.4 Å². The van der Waals surface area contributed by atoms with E-state index < -0.39 is 11.9 Å². The number of carbonyl (C=O) groups excluding carboxylic acids is 3. The minimum atomic E-state index is -0.639. The number of fused-ring (bicyclic) bond motifs is 1. The number of nitrogens with two attached hydrogens (primary N) is 1. The fourth-order valence-corrected chi connectivity index (χ4v) is 4.63. The molecule has 0 aliphatic carbocycles. The Morgan fingerprint density at radius 3 is 2.70 bits per heavy atom. The van der Waals surface area contributed by atoms with E-state index in [1.165, 1.54) is 12.1 Å². The SMILES string of the molecule is CCCOC(=O)c1ccc(C(N)=O)c(-n2nc(CC)c3c2CC2(CCOCC2)CNC3=O)c1. The van der Waals surface area contributed by atoms with Crippen LogP contribution >= 0.6 is 0 Å². The van der Waals surface area contributed by atoms with Crippen LogP contribution < -0.4 is 11.1 Å². The molecule has 0 bridgehead atoms. The van der Waals surface area contributed by atoms with E-state index in [1.807, 2.05) is 13.8 Å². The van der Waals surface area contributed by atoms with Crippen molar-refractivity contribution in [1.29, 1.82) is 0 Å². The van der Waals surface area contributed by atoms with E-state index in [-0.39, 0.29) is 16.9 Å². The third kappa shape index (κ3) is 4.37. The van der Waals surface area contributed by atoms with Crippen LogP contribution in [-0.2, 0) is 22.3 Å². The molecule has 2 aliphatic rings. The molecule has 2 aromatic rings. The number of aromatic nitrogens is 2. The van der Waals surface area contributed by atoms with Gasteiger partial charge >= 0.3 is 5.97 Å². The number of amides is 2. The summed E-state index contributed by atoms with van der Waals surface area (Å²) in [6.45, 7) is 5.96. The highest BCUT2D eigenvalue weighted by molar-refractivity contribution is 6.00. The minimum absolute atomic E-state index is 0.160. The van der Waals surface area contributed by atoms with Crippen LogP contribution in [-0.4, -0.2) is 53.9 Å². The van der Waals surface area contributed by atoms with E-state index in [0.717, 1.165) is 18.5 Å². The summed E-state index contributed by atoms with van der Waals surface area (Å²) >= 11 is 0. The molecule has 1 saturated heterocycles. The highest BCUT2D eigenvalue weighted by Gasteiger charge is 2.40. The number of carbonyl (C=O) groups is 3. The first kappa shape index (κ1) is 23.0. The Morgan fingerprint density at radius 1 is 1.27 bits per heavy atom. The highest BCUT2D eigenvalue weighted by atomic mass is 16.5. The van der Waals surface area contributed by atoms with Crippen molar-refractivity contribution in [1.82, 2.24) is 15.1 Å². The molecule has 1 aromatic heterocycles. The van der Waals surface area contributed by atoms with Gasteiger partial charge in [0.25, 0.3) is 11.8 Å². The molecule has 33 heavy (non-hydrogen) atoms. The average molecular weight is 455 g/mol. The van der Waals surface area contributed by atoms with E-state index in [0.29, 0.717) is 68.1 Å². The molecule has 1 fully saturated rings. The lowest BCUT2D eigenvalue weighted by atomic mass is 9.76. The lowest BCUT2D eigenvalue weighted by Gasteiger charge is -2.36. The molecule has 0 saturated carbocycles. The summed E-state index contributed by atoms with van der Waals surface area (Å²) in [6, 6.07) is 4.61. The summed E-state index contributed by atoms with van der Waals surface area (Å²) in [5, 5.41) is 7.80. The number of primary amides is 1. The monoisotopic (exact) mass is 454 g/mol. The second-order valence-electron chi connectivity index (χ2n) is 8.74. The molecule has 9 nitrogen and oxygen atoms in total. The summed E-state index contributed by atoms with van der Waals surface area (Å²) in [6.07, 6.45) is 3.46. The summed E-state index contributed by atoms with van der Waals surface area (Å²) in [4.78, 5) is 37.9. The van der Waals surface area contributed by atoms with E-state index in [4.69, 9.17) is 20.3 Å².